The number of esters is 2. The van der Waals surface area contributed by atoms with Crippen LogP contribution in [0.1, 0.15) is 26.5 Å². The van der Waals surface area contributed by atoms with Crippen molar-refractivity contribution in [3.05, 3.63) is 52.1 Å². The number of methoxy groups -OCH3 is 2. The van der Waals surface area contributed by atoms with Crippen molar-refractivity contribution in [3.63, 3.8) is 0 Å². The van der Waals surface area contributed by atoms with Crippen LogP contribution in [-0.2, 0) is 14.3 Å². The molecule has 27 heavy (non-hydrogen) atoms. The Morgan fingerprint density at radius 3 is 2.26 bits per heavy atom. The summed E-state index contributed by atoms with van der Waals surface area (Å²) in [7, 11) is 2.50. The molecule has 0 radical (unpaired) electrons. The van der Waals surface area contributed by atoms with Gasteiger partial charge >= 0.3 is 11.9 Å². The summed E-state index contributed by atoms with van der Waals surface area (Å²) in [4.78, 5) is 35.9. The van der Waals surface area contributed by atoms with Gasteiger partial charge in [0.15, 0.2) is 0 Å². The van der Waals surface area contributed by atoms with Gasteiger partial charge in [-0.05, 0) is 30.3 Å². The van der Waals surface area contributed by atoms with Crippen LogP contribution < -0.4 is 5.32 Å². The molecular weight excluding hydrogens is 390 g/mol. The Kier molecular flexibility index (Phi) is 5.43. The zero-order chi connectivity index (χ0) is 19.6. The van der Waals surface area contributed by atoms with Crippen molar-refractivity contribution in [1.29, 1.82) is 0 Å². The van der Waals surface area contributed by atoms with E-state index in [1.165, 1.54) is 20.3 Å². The quantitative estimate of drug-likeness (QED) is 0.473. The molecule has 0 bridgehead atoms. The third-order valence-corrected chi connectivity index (χ3v) is 4.76. The largest absolute Gasteiger partial charge is 0.465 e. The number of hydrogen-bond donors (Lipinski definition) is 1. The zero-order valence-corrected chi connectivity index (χ0v) is 15.9. The fourth-order valence-electron chi connectivity index (χ4n) is 2.38. The molecule has 0 aliphatic carbocycles. The molecule has 2 aromatic rings. The van der Waals surface area contributed by atoms with Gasteiger partial charge in [-0.3, -0.25) is 4.79 Å². The maximum atomic E-state index is 11.9. The van der Waals surface area contributed by atoms with Gasteiger partial charge in [0.05, 0.1) is 30.3 Å². The highest BCUT2D eigenvalue weighted by Gasteiger charge is 2.23. The Labute approximate surface area is 163 Å². The summed E-state index contributed by atoms with van der Waals surface area (Å²) in [6.45, 7) is 0. The van der Waals surface area contributed by atoms with Gasteiger partial charge in [0, 0.05) is 11.6 Å². The molecule has 1 aromatic heterocycles. The van der Waals surface area contributed by atoms with Crippen molar-refractivity contribution < 1.29 is 28.3 Å². The Balaban J connectivity index is 1.99. The molecular formula is C18H13NO6S2. The average molecular weight is 403 g/mol. The van der Waals surface area contributed by atoms with Crippen LogP contribution in [0.25, 0.3) is 17.4 Å². The molecule has 7 nitrogen and oxygen atoms in total. The molecule has 1 saturated heterocycles. The number of furan rings is 1. The summed E-state index contributed by atoms with van der Waals surface area (Å²) >= 11 is 6.09. The van der Waals surface area contributed by atoms with Gasteiger partial charge < -0.3 is 19.2 Å². The predicted molar refractivity (Wildman–Crippen MR) is 103 cm³/mol. The molecule has 2 heterocycles. The van der Waals surface area contributed by atoms with Gasteiger partial charge in [0.2, 0.25) is 0 Å². The number of ether oxygens (including phenoxy) is 2. The first-order valence-corrected chi connectivity index (χ1v) is 8.80. The van der Waals surface area contributed by atoms with Crippen LogP contribution >= 0.6 is 24.0 Å². The molecule has 0 unspecified atom stereocenters. The Morgan fingerprint density at radius 1 is 1.11 bits per heavy atom. The van der Waals surface area contributed by atoms with E-state index in [4.69, 9.17) is 26.1 Å². The lowest BCUT2D eigenvalue weighted by atomic mass is 10.0. The molecule has 3 rings (SSSR count). The van der Waals surface area contributed by atoms with Crippen molar-refractivity contribution in [3.8, 4) is 11.3 Å². The van der Waals surface area contributed by atoms with Gasteiger partial charge in [0.1, 0.15) is 15.8 Å². The van der Waals surface area contributed by atoms with Crippen LogP contribution in [0.2, 0.25) is 0 Å². The normalized spacial score (nSPS) is 15.0. The monoisotopic (exact) mass is 403 g/mol. The second-order valence-corrected chi connectivity index (χ2v) is 7.06. The van der Waals surface area contributed by atoms with Crippen molar-refractivity contribution in [2.24, 2.45) is 0 Å². The van der Waals surface area contributed by atoms with Crippen molar-refractivity contribution in [1.82, 2.24) is 5.32 Å². The standard InChI is InChI=1S/C18H13NO6S2/c1-23-16(21)10-5-9(6-11(7-10)17(22)24-2)13-4-3-12(25-13)8-14-15(20)19-18(26)27-14/h3-8H,1-2H3,(H,19,20,26)/b14-8+. The van der Waals surface area contributed by atoms with Crippen molar-refractivity contribution in [2.45, 2.75) is 0 Å². The van der Waals surface area contributed by atoms with E-state index in [1.54, 1.807) is 30.3 Å². The minimum Gasteiger partial charge on any atom is -0.465 e. The fraction of sp³-hybridized carbons (Fsp3) is 0.111. The van der Waals surface area contributed by atoms with E-state index in [0.29, 0.717) is 26.3 Å². The Bertz CT molecular complexity index is 957. The van der Waals surface area contributed by atoms with Crippen LogP contribution in [-0.4, -0.2) is 36.4 Å². The average Bonchev–Trinajstić information content (AvgIpc) is 3.26. The van der Waals surface area contributed by atoms with Crippen LogP contribution in [0.5, 0.6) is 0 Å². The maximum absolute atomic E-state index is 11.9. The number of thioether (sulfide) groups is 1. The SMILES string of the molecule is COC(=O)c1cc(C(=O)OC)cc(-c2ccc(/C=C3/SC(=S)NC3=O)o2)c1. The number of benzene rings is 1. The molecule has 1 aliphatic heterocycles. The van der Waals surface area contributed by atoms with Crippen LogP contribution in [0.4, 0.5) is 0 Å². The van der Waals surface area contributed by atoms with Gasteiger partial charge in [-0.2, -0.15) is 0 Å². The number of carbonyl (C=O) groups is 3. The highest BCUT2D eigenvalue weighted by atomic mass is 32.2. The second kappa shape index (κ2) is 7.77. The lowest BCUT2D eigenvalue weighted by Gasteiger charge is -2.06. The Morgan fingerprint density at radius 2 is 1.74 bits per heavy atom. The van der Waals surface area contributed by atoms with E-state index in [0.717, 1.165) is 11.8 Å². The number of carbonyl (C=O) groups excluding carboxylic acids is 3. The first kappa shape index (κ1) is 18.9. The molecule has 9 heteroatoms. The van der Waals surface area contributed by atoms with E-state index >= 15 is 0 Å². The highest BCUT2D eigenvalue weighted by Crippen LogP contribution is 2.30. The van der Waals surface area contributed by atoms with Gasteiger partial charge in [0.25, 0.3) is 5.91 Å². The second-order valence-electron chi connectivity index (χ2n) is 5.34. The predicted octanol–water partition coefficient (Wildman–Crippen LogP) is 3.01. The summed E-state index contributed by atoms with van der Waals surface area (Å²) in [5.41, 5.74) is 0.854. The topological polar surface area (TPSA) is 94.8 Å². The highest BCUT2D eigenvalue weighted by molar-refractivity contribution is 8.26. The molecule has 1 amide bonds. The minimum atomic E-state index is -0.594. The molecule has 1 fully saturated rings. The molecule has 0 spiro atoms. The maximum Gasteiger partial charge on any atom is 0.337 e. The fourth-order valence-corrected chi connectivity index (χ4v) is 3.40. The van der Waals surface area contributed by atoms with Crippen LogP contribution in [0.15, 0.2) is 39.7 Å². The third-order valence-electron chi connectivity index (χ3n) is 3.60. The molecule has 0 saturated carbocycles. The Hall–Kier alpha value is -2.91. The molecule has 138 valence electrons. The van der Waals surface area contributed by atoms with E-state index in [1.807, 2.05) is 0 Å². The van der Waals surface area contributed by atoms with E-state index in [9.17, 15) is 14.4 Å². The summed E-state index contributed by atoms with van der Waals surface area (Å²) < 4.78 is 15.6. The first-order chi connectivity index (χ1) is 12.9. The summed E-state index contributed by atoms with van der Waals surface area (Å²) in [6.07, 6.45) is 1.56. The van der Waals surface area contributed by atoms with Gasteiger partial charge in [-0.25, -0.2) is 9.59 Å². The molecule has 1 aromatic carbocycles. The summed E-state index contributed by atoms with van der Waals surface area (Å²) in [5.74, 6) is -0.644. The van der Waals surface area contributed by atoms with Crippen molar-refractivity contribution in [2.75, 3.05) is 14.2 Å². The van der Waals surface area contributed by atoms with Crippen LogP contribution in [0, 0.1) is 0 Å². The number of nitrogens with one attached hydrogen (secondary N) is 1. The number of amides is 1. The lowest BCUT2D eigenvalue weighted by Crippen LogP contribution is -2.17. The van der Waals surface area contributed by atoms with Gasteiger partial charge in [-0.15, -0.1) is 0 Å². The molecule has 1 N–H and O–H groups in total. The molecule has 0 atom stereocenters. The zero-order valence-electron chi connectivity index (χ0n) is 14.2. The first-order valence-electron chi connectivity index (χ1n) is 7.58. The smallest absolute Gasteiger partial charge is 0.337 e. The van der Waals surface area contributed by atoms with Crippen LogP contribution in [0.3, 0.4) is 0 Å². The number of thiocarbonyl (C=S) groups is 1. The van der Waals surface area contributed by atoms with Crippen molar-refractivity contribution >= 4 is 52.2 Å². The van der Waals surface area contributed by atoms with Gasteiger partial charge in [-0.1, -0.05) is 24.0 Å². The lowest BCUT2D eigenvalue weighted by molar-refractivity contribution is -0.115. The van der Waals surface area contributed by atoms with E-state index in [-0.39, 0.29) is 17.0 Å². The minimum absolute atomic E-state index is 0.183. The number of rotatable bonds is 4. The van der Waals surface area contributed by atoms with E-state index < -0.39 is 11.9 Å². The summed E-state index contributed by atoms with van der Waals surface area (Å²) in [5, 5.41) is 2.52. The van der Waals surface area contributed by atoms with E-state index in [2.05, 4.69) is 5.32 Å². The number of hydrogen-bond acceptors (Lipinski definition) is 8. The third kappa shape index (κ3) is 4.09. The summed E-state index contributed by atoms with van der Waals surface area (Å²) in [6, 6.07) is 7.80. The molecule has 1 aliphatic rings.